The smallest absolute Gasteiger partial charge is 0.408 e. The molecule has 3 amide bonds. The highest BCUT2D eigenvalue weighted by molar-refractivity contribution is 6.00. The van der Waals surface area contributed by atoms with Crippen LogP contribution in [0.2, 0.25) is 0 Å². The molecule has 2 unspecified atom stereocenters. The van der Waals surface area contributed by atoms with Crippen LogP contribution in [0.5, 0.6) is 0 Å². The fourth-order valence-corrected chi connectivity index (χ4v) is 4.05. The van der Waals surface area contributed by atoms with Gasteiger partial charge in [-0.15, -0.1) is 0 Å². The van der Waals surface area contributed by atoms with Crippen molar-refractivity contribution in [3.63, 3.8) is 0 Å². The number of benzene rings is 2. The Bertz CT molecular complexity index is 1160. The minimum atomic E-state index is -1.10. The zero-order chi connectivity index (χ0) is 27.9. The molecule has 0 saturated heterocycles. The van der Waals surface area contributed by atoms with E-state index in [9.17, 15) is 19.6 Å². The van der Waals surface area contributed by atoms with Gasteiger partial charge in [-0.1, -0.05) is 56.3 Å². The van der Waals surface area contributed by atoms with Crippen LogP contribution in [-0.4, -0.2) is 41.0 Å². The number of nitrogens with one attached hydrogen (secondary N) is 2. The average molecular weight is 507 g/mol. The predicted molar refractivity (Wildman–Crippen MR) is 144 cm³/mol. The molecule has 198 valence electrons. The molecule has 0 radical (unpaired) electrons. The molecule has 2 atom stereocenters. The highest BCUT2D eigenvalue weighted by Crippen LogP contribution is 2.29. The maximum Gasteiger partial charge on any atom is 0.408 e. The maximum atomic E-state index is 13.9. The minimum absolute atomic E-state index is 0.333. The summed E-state index contributed by atoms with van der Waals surface area (Å²) in [5.74, 6) is -1.33. The standard InChI is InChI=1S/C29H38N4O4/c1-18(2)23(32-28(36)37-29(6,7)8)27(35)33(17-16-30)25(22-15-10-9-12-19(22)3)26(34)31-24-20(4)13-11-14-21(24)5/h9-15,18,23,25H,17H2,1-8H3,(H,31,34)(H,32,36). The molecule has 2 N–H and O–H groups in total. The van der Waals surface area contributed by atoms with Gasteiger partial charge in [0.25, 0.3) is 5.91 Å². The number of hydrogen-bond donors (Lipinski definition) is 2. The van der Waals surface area contributed by atoms with Gasteiger partial charge in [-0.3, -0.25) is 9.59 Å². The van der Waals surface area contributed by atoms with Gasteiger partial charge in [0.15, 0.2) is 0 Å². The Morgan fingerprint density at radius 2 is 1.54 bits per heavy atom. The molecule has 0 aliphatic rings. The molecule has 0 aliphatic carbocycles. The number of anilines is 1. The number of nitrogens with zero attached hydrogens (tertiary/aromatic N) is 2. The first-order valence-electron chi connectivity index (χ1n) is 12.4. The van der Waals surface area contributed by atoms with E-state index < -0.39 is 35.6 Å². The summed E-state index contributed by atoms with van der Waals surface area (Å²) in [6.07, 6.45) is -0.746. The van der Waals surface area contributed by atoms with Gasteiger partial charge in [0.05, 0.1) is 6.07 Å². The summed E-state index contributed by atoms with van der Waals surface area (Å²) in [4.78, 5) is 41.6. The number of ether oxygens (including phenoxy) is 1. The number of alkyl carbamates (subject to hydrolysis) is 1. The molecule has 2 rings (SSSR count). The molecule has 8 heteroatoms. The van der Waals surface area contributed by atoms with Crippen molar-refractivity contribution < 1.29 is 19.1 Å². The van der Waals surface area contributed by atoms with E-state index >= 15 is 0 Å². The molecule has 2 aromatic carbocycles. The number of carbonyl (C=O) groups excluding carboxylic acids is 3. The van der Waals surface area contributed by atoms with E-state index in [0.29, 0.717) is 11.3 Å². The second-order valence-corrected chi connectivity index (χ2v) is 10.5. The Labute approximate surface area is 220 Å². The van der Waals surface area contributed by atoms with E-state index in [0.717, 1.165) is 16.7 Å². The number of hydrogen-bond acceptors (Lipinski definition) is 5. The monoisotopic (exact) mass is 506 g/mol. The van der Waals surface area contributed by atoms with Gasteiger partial charge in [-0.05, 0) is 69.7 Å². The van der Waals surface area contributed by atoms with Crippen molar-refractivity contribution in [2.45, 2.75) is 73.1 Å². The molecule has 0 fully saturated rings. The number of amides is 3. The summed E-state index contributed by atoms with van der Waals surface area (Å²) >= 11 is 0. The number of carbonyl (C=O) groups is 3. The minimum Gasteiger partial charge on any atom is -0.444 e. The normalized spacial score (nSPS) is 12.8. The molecular weight excluding hydrogens is 468 g/mol. The fraction of sp³-hybridized carbons (Fsp3) is 0.448. The van der Waals surface area contributed by atoms with Crippen LogP contribution in [0, 0.1) is 38.0 Å². The van der Waals surface area contributed by atoms with Crippen molar-refractivity contribution in [3.05, 3.63) is 64.7 Å². The second kappa shape index (κ2) is 12.4. The fourth-order valence-electron chi connectivity index (χ4n) is 4.05. The molecular formula is C29H38N4O4. The Morgan fingerprint density at radius 1 is 0.973 bits per heavy atom. The van der Waals surface area contributed by atoms with E-state index in [1.165, 1.54) is 4.90 Å². The summed E-state index contributed by atoms with van der Waals surface area (Å²) in [6, 6.07) is 12.9. The van der Waals surface area contributed by atoms with Crippen molar-refractivity contribution in [2.75, 3.05) is 11.9 Å². The van der Waals surface area contributed by atoms with Crippen LogP contribution in [0.4, 0.5) is 10.5 Å². The highest BCUT2D eigenvalue weighted by atomic mass is 16.6. The molecule has 8 nitrogen and oxygen atoms in total. The van der Waals surface area contributed by atoms with Crippen LogP contribution < -0.4 is 10.6 Å². The lowest BCUT2D eigenvalue weighted by Crippen LogP contribution is -2.54. The third-order valence-corrected chi connectivity index (χ3v) is 5.90. The summed E-state index contributed by atoms with van der Waals surface area (Å²) in [5, 5.41) is 15.3. The molecule has 0 spiro atoms. The lowest BCUT2D eigenvalue weighted by molar-refractivity contribution is -0.141. The molecule has 2 aromatic rings. The van der Waals surface area contributed by atoms with Crippen molar-refractivity contribution >= 4 is 23.6 Å². The second-order valence-electron chi connectivity index (χ2n) is 10.5. The number of nitriles is 1. The average Bonchev–Trinajstić information content (AvgIpc) is 2.79. The van der Waals surface area contributed by atoms with Crippen molar-refractivity contribution in [1.29, 1.82) is 5.26 Å². The van der Waals surface area contributed by atoms with Gasteiger partial charge >= 0.3 is 6.09 Å². The van der Waals surface area contributed by atoms with Gasteiger partial charge in [-0.25, -0.2) is 4.79 Å². The van der Waals surface area contributed by atoms with Gasteiger partial charge in [0, 0.05) is 5.69 Å². The van der Waals surface area contributed by atoms with E-state index in [1.54, 1.807) is 46.8 Å². The Kier molecular flexibility index (Phi) is 9.84. The van der Waals surface area contributed by atoms with Crippen LogP contribution in [0.1, 0.15) is 62.9 Å². The Morgan fingerprint density at radius 3 is 2.05 bits per heavy atom. The quantitative estimate of drug-likeness (QED) is 0.479. The van der Waals surface area contributed by atoms with Crippen molar-refractivity contribution in [3.8, 4) is 6.07 Å². The summed E-state index contributed by atoms with van der Waals surface area (Å²) in [7, 11) is 0. The van der Waals surface area contributed by atoms with Gasteiger partial charge < -0.3 is 20.3 Å². The van der Waals surface area contributed by atoms with Crippen LogP contribution in [0.25, 0.3) is 0 Å². The number of para-hydroxylation sites is 1. The third kappa shape index (κ3) is 7.81. The van der Waals surface area contributed by atoms with Crippen molar-refractivity contribution in [2.24, 2.45) is 5.92 Å². The topological polar surface area (TPSA) is 112 Å². The molecule has 0 aromatic heterocycles. The number of aryl methyl sites for hydroxylation is 3. The van der Waals surface area contributed by atoms with Crippen LogP contribution in [0.15, 0.2) is 42.5 Å². The van der Waals surface area contributed by atoms with Gasteiger partial charge in [-0.2, -0.15) is 5.26 Å². The van der Waals surface area contributed by atoms with E-state index in [4.69, 9.17) is 4.74 Å². The maximum absolute atomic E-state index is 13.9. The van der Waals surface area contributed by atoms with Crippen LogP contribution >= 0.6 is 0 Å². The van der Waals surface area contributed by atoms with Crippen molar-refractivity contribution in [1.82, 2.24) is 10.2 Å². The largest absolute Gasteiger partial charge is 0.444 e. The molecule has 37 heavy (non-hydrogen) atoms. The zero-order valence-electron chi connectivity index (χ0n) is 23.0. The summed E-state index contributed by atoms with van der Waals surface area (Å²) < 4.78 is 5.36. The molecule has 0 aliphatic heterocycles. The van der Waals surface area contributed by atoms with Crippen LogP contribution in [0.3, 0.4) is 0 Å². The first-order valence-corrected chi connectivity index (χ1v) is 12.4. The first kappa shape index (κ1) is 29.4. The SMILES string of the molecule is Cc1ccccc1C(C(=O)Nc1c(C)cccc1C)N(CC#N)C(=O)C(NC(=O)OC(C)(C)C)C(C)C. The Hall–Kier alpha value is -3.86. The summed E-state index contributed by atoms with van der Waals surface area (Å²) in [5.41, 5.74) is 3.04. The number of rotatable bonds is 8. The highest BCUT2D eigenvalue weighted by Gasteiger charge is 2.38. The lowest BCUT2D eigenvalue weighted by Gasteiger charge is -2.34. The molecule has 0 saturated carbocycles. The first-order chi connectivity index (χ1) is 17.3. The van der Waals surface area contributed by atoms with Crippen LogP contribution in [-0.2, 0) is 14.3 Å². The predicted octanol–water partition coefficient (Wildman–Crippen LogP) is 5.19. The van der Waals surface area contributed by atoms with Gasteiger partial charge in [0.1, 0.15) is 24.2 Å². The Balaban J connectivity index is 2.55. The zero-order valence-corrected chi connectivity index (χ0v) is 23.0. The van der Waals surface area contributed by atoms with E-state index in [-0.39, 0.29) is 12.5 Å². The van der Waals surface area contributed by atoms with Gasteiger partial charge in [0.2, 0.25) is 5.91 Å². The molecule has 0 heterocycles. The van der Waals surface area contributed by atoms with E-state index in [1.807, 2.05) is 57.2 Å². The lowest BCUT2D eigenvalue weighted by atomic mass is 9.96. The summed E-state index contributed by atoms with van der Waals surface area (Å²) in [6.45, 7) is 14.0. The molecule has 0 bridgehead atoms. The van der Waals surface area contributed by atoms with E-state index in [2.05, 4.69) is 10.6 Å². The third-order valence-electron chi connectivity index (χ3n) is 5.90.